The van der Waals surface area contributed by atoms with Gasteiger partial charge in [0, 0.05) is 0 Å². The van der Waals surface area contributed by atoms with Gasteiger partial charge in [-0.1, -0.05) is 38.2 Å². The van der Waals surface area contributed by atoms with Crippen LogP contribution in [0, 0.1) is 0 Å². The van der Waals surface area contributed by atoms with Crippen LogP contribution in [0.5, 0.6) is 0 Å². The standard InChI is InChI=1S/C14H14O2.2Na/c1-13(9-5-11-15)7-3-4-8-14(2)10-6-12-16;;/h3-10H,1-2H3;;/q-2;2*+1/b4-3+,9-5+,10-6+,13-7+,14-8+;;. The number of allylic oxidation sites excluding steroid dienone is 10. The normalized spacial score (nSPS) is 12.6. The molecule has 0 aliphatic rings. The summed E-state index contributed by atoms with van der Waals surface area (Å²) >= 11 is 0. The molecule has 0 fully saturated rings. The van der Waals surface area contributed by atoms with Crippen LogP contribution in [0.3, 0.4) is 0 Å². The summed E-state index contributed by atoms with van der Waals surface area (Å²) in [5.41, 5.74) is 1.92. The third kappa shape index (κ3) is 16.0. The second-order valence-corrected chi connectivity index (χ2v) is 3.11. The second-order valence-electron chi connectivity index (χ2n) is 3.11. The summed E-state index contributed by atoms with van der Waals surface area (Å²) in [7, 11) is 0. The predicted octanol–water partition coefficient (Wildman–Crippen LogP) is -3.22. The van der Waals surface area contributed by atoms with E-state index < -0.39 is 0 Å². The summed E-state index contributed by atoms with van der Waals surface area (Å²) in [6.45, 7) is 3.77. The van der Waals surface area contributed by atoms with Crippen molar-refractivity contribution in [1.29, 1.82) is 0 Å². The maximum Gasteiger partial charge on any atom is 1.00 e. The van der Waals surface area contributed by atoms with E-state index in [1.807, 2.05) is 38.2 Å². The minimum absolute atomic E-state index is 0. The Morgan fingerprint density at radius 1 is 0.778 bits per heavy atom. The van der Waals surface area contributed by atoms with Crippen molar-refractivity contribution in [2.45, 2.75) is 13.8 Å². The summed E-state index contributed by atoms with van der Waals surface area (Å²) in [4.78, 5) is 19.8. The van der Waals surface area contributed by atoms with Crippen molar-refractivity contribution in [1.82, 2.24) is 0 Å². The molecule has 0 aromatic carbocycles. The molecule has 0 saturated carbocycles. The van der Waals surface area contributed by atoms with E-state index in [0.29, 0.717) is 0 Å². The van der Waals surface area contributed by atoms with Crippen LogP contribution >= 0.6 is 0 Å². The first-order valence-corrected chi connectivity index (χ1v) is 4.81. The van der Waals surface area contributed by atoms with Gasteiger partial charge in [-0.2, -0.15) is 12.2 Å². The fraction of sp³-hybridized carbons (Fsp3) is 0.143. The minimum Gasteiger partial charge on any atom is -0.419 e. The van der Waals surface area contributed by atoms with Crippen LogP contribution in [0.15, 0.2) is 59.8 Å². The van der Waals surface area contributed by atoms with Gasteiger partial charge in [-0.25, -0.2) is 12.2 Å². The number of rotatable bonds is 6. The Balaban J connectivity index is -0.00000112. The van der Waals surface area contributed by atoms with E-state index in [-0.39, 0.29) is 59.1 Å². The summed E-state index contributed by atoms with van der Waals surface area (Å²) in [6, 6.07) is 0. The third-order valence-electron chi connectivity index (χ3n) is 1.66. The van der Waals surface area contributed by atoms with Crippen molar-refractivity contribution in [2.75, 3.05) is 0 Å². The van der Waals surface area contributed by atoms with Gasteiger partial charge in [0.15, 0.2) is 0 Å². The smallest absolute Gasteiger partial charge is 0.419 e. The monoisotopic (exact) mass is 260 g/mol. The Bertz CT molecular complexity index is 339. The number of hydrogen-bond donors (Lipinski definition) is 0. The largest absolute Gasteiger partial charge is 1.00 e. The molecule has 0 heterocycles. The zero-order chi connectivity index (χ0) is 12.2. The van der Waals surface area contributed by atoms with Crippen LogP contribution in [0.1, 0.15) is 13.8 Å². The Kier molecular flexibility index (Phi) is 21.9. The molecule has 0 bridgehead atoms. The quantitative estimate of drug-likeness (QED) is 0.218. The van der Waals surface area contributed by atoms with Gasteiger partial charge in [0.25, 0.3) is 0 Å². The van der Waals surface area contributed by atoms with E-state index in [2.05, 4.69) is 0 Å². The Hall–Kier alpha value is 0.0400. The van der Waals surface area contributed by atoms with Gasteiger partial charge >= 0.3 is 59.1 Å². The maximum absolute atomic E-state index is 9.92. The van der Waals surface area contributed by atoms with Crippen molar-refractivity contribution in [3.63, 3.8) is 0 Å². The van der Waals surface area contributed by atoms with Gasteiger partial charge in [0.2, 0.25) is 0 Å². The van der Waals surface area contributed by atoms with Gasteiger partial charge < -0.3 is 9.59 Å². The molecule has 0 atom stereocenters. The first kappa shape index (κ1) is 23.2. The molecule has 0 amide bonds. The fourth-order valence-corrected chi connectivity index (χ4v) is 0.857. The Morgan fingerprint density at radius 3 is 1.39 bits per heavy atom. The first-order valence-electron chi connectivity index (χ1n) is 4.81. The fourth-order valence-electron chi connectivity index (χ4n) is 0.857. The molecule has 0 saturated heterocycles. The van der Waals surface area contributed by atoms with Gasteiger partial charge in [0.05, 0.1) is 0 Å². The summed E-state index contributed by atoms with van der Waals surface area (Å²) in [5.74, 6) is 0. The SMILES string of the molecule is CC(/C=C/[C-]=O)=C\C=C\C=C(C)\C=C\[C-]=O.[Na+].[Na+]. The number of carbonyl (C=O) groups excluding carboxylic acids is 2. The molecule has 0 spiro atoms. The minimum atomic E-state index is 0. The van der Waals surface area contributed by atoms with Crippen LogP contribution < -0.4 is 59.1 Å². The zero-order valence-electron chi connectivity index (χ0n) is 11.4. The number of hydrogen-bond acceptors (Lipinski definition) is 2. The van der Waals surface area contributed by atoms with Crippen LogP contribution in [0.25, 0.3) is 0 Å². The van der Waals surface area contributed by atoms with Crippen LogP contribution in [-0.2, 0) is 9.59 Å². The van der Waals surface area contributed by atoms with E-state index in [0.717, 1.165) is 11.1 Å². The first-order chi connectivity index (χ1) is 7.70. The molecule has 0 aromatic heterocycles. The van der Waals surface area contributed by atoms with Gasteiger partial charge in [-0.3, -0.25) is 0 Å². The average molecular weight is 260 g/mol. The summed E-state index contributed by atoms with van der Waals surface area (Å²) in [6.07, 6.45) is 16.8. The Morgan fingerprint density at radius 2 is 1.11 bits per heavy atom. The topological polar surface area (TPSA) is 34.1 Å². The van der Waals surface area contributed by atoms with E-state index in [1.165, 1.54) is 12.2 Å². The molecule has 0 N–H and O–H groups in total. The molecule has 0 radical (unpaired) electrons. The Labute approximate surface area is 153 Å². The molecule has 0 rings (SSSR count). The molecular formula is C14H14Na2O2. The van der Waals surface area contributed by atoms with E-state index in [4.69, 9.17) is 0 Å². The molecule has 84 valence electrons. The molecule has 0 unspecified atom stereocenters. The van der Waals surface area contributed by atoms with Crippen molar-refractivity contribution in [3.8, 4) is 0 Å². The molecule has 4 heteroatoms. The predicted molar refractivity (Wildman–Crippen MR) is 66.3 cm³/mol. The zero-order valence-corrected chi connectivity index (χ0v) is 15.4. The van der Waals surface area contributed by atoms with Crippen LogP contribution in [-0.4, -0.2) is 12.6 Å². The van der Waals surface area contributed by atoms with Crippen molar-refractivity contribution in [3.05, 3.63) is 59.8 Å². The van der Waals surface area contributed by atoms with Gasteiger partial charge in [-0.05, 0) is 12.6 Å². The van der Waals surface area contributed by atoms with Crippen LogP contribution in [0.2, 0.25) is 0 Å². The van der Waals surface area contributed by atoms with Crippen LogP contribution in [0.4, 0.5) is 0 Å². The molecule has 0 aromatic rings. The second kappa shape index (κ2) is 17.0. The van der Waals surface area contributed by atoms with Crippen molar-refractivity contribution in [2.24, 2.45) is 0 Å². The third-order valence-corrected chi connectivity index (χ3v) is 1.66. The maximum atomic E-state index is 9.92. The van der Waals surface area contributed by atoms with Gasteiger partial charge in [-0.15, -0.1) is 11.1 Å². The molecule has 0 aliphatic heterocycles. The van der Waals surface area contributed by atoms with E-state index in [1.54, 1.807) is 24.7 Å². The molecule has 18 heavy (non-hydrogen) atoms. The van der Waals surface area contributed by atoms with Gasteiger partial charge in [0.1, 0.15) is 0 Å². The molecular weight excluding hydrogens is 246 g/mol. The van der Waals surface area contributed by atoms with Crippen molar-refractivity contribution < 1.29 is 68.7 Å². The summed E-state index contributed by atoms with van der Waals surface area (Å²) < 4.78 is 0. The molecule has 2 nitrogen and oxygen atoms in total. The summed E-state index contributed by atoms with van der Waals surface area (Å²) in [5, 5.41) is 0. The van der Waals surface area contributed by atoms with E-state index >= 15 is 0 Å². The molecule has 0 aliphatic carbocycles. The average Bonchev–Trinajstić information content (AvgIpc) is 2.29. The van der Waals surface area contributed by atoms with E-state index in [9.17, 15) is 9.59 Å². The van der Waals surface area contributed by atoms with Crippen molar-refractivity contribution >= 4 is 12.6 Å².